The van der Waals surface area contributed by atoms with Crippen LogP contribution in [0.2, 0.25) is 0 Å². The van der Waals surface area contributed by atoms with Gasteiger partial charge in [-0.15, -0.1) is 0 Å². The topological polar surface area (TPSA) is 64.6 Å². The molecule has 0 saturated carbocycles. The molecule has 1 aliphatic carbocycles. The Labute approximate surface area is 159 Å². The van der Waals surface area contributed by atoms with Crippen molar-refractivity contribution in [2.24, 2.45) is 0 Å². The van der Waals surface area contributed by atoms with Gasteiger partial charge in [0.2, 0.25) is 0 Å². The van der Waals surface area contributed by atoms with Crippen LogP contribution < -0.4 is 10.1 Å². The molecule has 142 valence electrons. The van der Waals surface area contributed by atoms with Crippen LogP contribution in [0.5, 0.6) is 5.75 Å². The van der Waals surface area contributed by atoms with Gasteiger partial charge in [0.15, 0.2) is 6.61 Å². The average molecular weight is 367 g/mol. The van der Waals surface area contributed by atoms with E-state index in [2.05, 4.69) is 23.5 Å². The van der Waals surface area contributed by atoms with Crippen LogP contribution in [-0.2, 0) is 22.4 Å². The molecule has 27 heavy (non-hydrogen) atoms. The lowest BCUT2D eigenvalue weighted by Crippen LogP contribution is -2.31. The summed E-state index contributed by atoms with van der Waals surface area (Å²) in [5, 5.41) is 2.89. The Hall–Kier alpha value is -2.82. The van der Waals surface area contributed by atoms with E-state index in [1.54, 1.807) is 24.3 Å². The maximum Gasteiger partial charge on any atom is 0.342 e. The van der Waals surface area contributed by atoms with E-state index >= 15 is 0 Å². The average Bonchev–Trinajstić information content (AvgIpc) is 2.71. The van der Waals surface area contributed by atoms with Crippen molar-refractivity contribution < 1.29 is 19.1 Å². The molecular formula is C22H25NO4. The Morgan fingerprint density at radius 3 is 2.59 bits per heavy atom. The van der Waals surface area contributed by atoms with Gasteiger partial charge in [-0.1, -0.05) is 30.3 Å². The number of amides is 1. The van der Waals surface area contributed by atoms with E-state index in [0.29, 0.717) is 11.3 Å². The predicted octanol–water partition coefficient (Wildman–Crippen LogP) is 3.61. The number of esters is 1. The smallest absolute Gasteiger partial charge is 0.342 e. The van der Waals surface area contributed by atoms with Crippen LogP contribution in [0.15, 0.2) is 42.5 Å². The molecule has 0 radical (unpaired) electrons. The summed E-state index contributed by atoms with van der Waals surface area (Å²) in [7, 11) is 1.49. The fraction of sp³-hybridized carbons (Fsp3) is 0.364. The Kier molecular flexibility index (Phi) is 6.12. The molecule has 0 saturated heterocycles. The second kappa shape index (κ2) is 8.71. The van der Waals surface area contributed by atoms with E-state index in [9.17, 15) is 9.59 Å². The quantitative estimate of drug-likeness (QED) is 0.792. The van der Waals surface area contributed by atoms with Gasteiger partial charge in [-0.25, -0.2) is 4.79 Å². The highest BCUT2D eigenvalue weighted by molar-refractivity contribution is 5.94. The zero-order valence-electron chi connectivity index (χ0n) is 15.8. The zero-order valence-corrected chi connectivity index (χ0v) is 15.8. The Balaban J connectivity index is 1.55. The first-order valence-electron chi connectivity index (χ1n) is 9.29. The Bertz CT molecular complexity index is 831. The number of hydrogen-bond acceptors (Lipinski definition) is 4. The molecule has 5 nitrogen and oxygen atoms in total. The molecule has 3 rings (SSSR count). The van der Waals surface area contributed by atoms with E-state index in [0.717, 1.165) is 18.4 Å². The van der Waals surface area contributed by atoms with Crippen LogP contribution in [0.25, 0.3) is 0 Å². The second-order valence-corrected chi connectivity index (χ2v) is 6.80. The van der Waals surface area contributed by atoms with Crippen molar-refractivity contribution >= 4 is 11.9 Å². The van der Waals surface area contributed by atoms with Gasteiger partial charge in [0.1, 0.15) is 11.3 Å². The number of carbonyl (C=O) groups excluding carboxylic acids is 2. The molecule has 5 heteroatoms. The van der Waals surface area contributed by atoms with Gasteiger partial charge in [-0.2, -0.15) is 0 Å². The first kappa shape index (κ1) is 19.0. The highest BCUT2D eigenvalue weighted by Gasteiger charge is 2.17. The number of para-hydroxylation sites is 1. The van der Waals surface area contributed by atoms with Crippen LogP contribution in [0.3, 0.4) is 0 Å². The molecule has 0 aromatic heterocycles. The molecule has 1 aliphatic rings. The maximum atomic E-state index is 12.2. The standard InChI is InChI=1S/C22H25NO4/c1-15(17-12-11-16-7-3-4-8-18(16)13-17)23-21(24)14-27-22(25)19-9-5-6-10-20(19)26-2/h5-6,9-13,15H,3-4,7-8,14H2,1-2H3,(H,23,24)/t15-/m0/s1. The van der Waals surface area contributed by atoms with Crippen molar-refractivity contribution in [1.82, 2.24) is 5.32 Å². The number of fused-ring (bicyclic) bond motifs is 1. The molecule has 2 aromatic rings. The fourth-order valence-corrected chi connectivity index (χ4v) is 3.41. The first-order valence-corrected chi connectivity index (χ1v) is 9.29. The maximum absolute atomic E-state index is 12.2. The molecule has 1 N–H and O–H groups in total. The minimum atomic E-state index is -0.580. The number of ether oxygens (including phenoxy) is 2. The molecule has 1 amide bonds. The largest absolute Gasteiger partial charge is 0.496 e. The van der Waals surface area contributed by atoms with Crippen molar-refractivity contribution in [3.05, 3.63) is 64.7 Å². The summed E-state index contributed by atoms with van der Waals surface area (Å²) in [6, 6.07) is 13.0. The lowest BCUT2D eigenvalue weighted by molar-refractivity contribution is -0.124. The third-order valence-electron chi connectivity index (χ3n) is 4.91. The highest BCUT2D eigenvalue weighted by atomic mass is 16.5. The fourth-order valence-electron chi connectivity index (χ4n) is 3.41. The van der Waals surface area contributed by atoms with E-state index in [4.69, 9.17) is 9.47 Å². The van der Waals surface area contributed by atoms with Gasteiger partial charge in [0, 0.05) is 0 Å². The minimum Gasteiger partial charge on any atom is -0.496 e. The number of hydrogen-bond donors (Lipinski definition) is 1. The SMILES string of the molecule is COc1ccccc1C(=O)OCC(=O)N[C@@H](C)c1ccc2c(c1)CCCC2. The lowest BCUT2D eigenvalue weighted by atomic mass is 9.89. The molecular weight excluding hydrogens is 342 g/mol. The van der Waals surface area contributed by atoms with Gasteiger partial charge in [-0.05, 0) is 61.4 Å². The van der Waals surface area contributed by atoms with Crippen molar-refractivity contribution in [2.75, 3.05) is 13.7 Å². The summed E-state index contributed by atoms with van der Waals surface area (Å²) in [5.41, 5.74) is 4.16. The van der Waals surface area contributed by atoms with Gasteiger partial charge in [-0.3, -0.25) is 4.79 Å². The van der Waals surface area contributed by atoms with E-state index in [-0.39, 0.29) is 18.6 Å². The number of carbonyl (C=O) groups is 2. The van der Waals surface area contributed by atoms with Crippen LogP contribution >= 0.6 is 0 Å². The Morgan fingerprint density at radius 1 is 1.07 bits per heavy atom. The summed E-state index contributed by atoms with van der Waals surface area (Å²) in [5.74, 6) is -0.488. The summed E-state index contributed by atoms with van der Waals surface area (Å²) in [4.78, 5) is 24.3. The summed E-state index contributed by atoms with van der Waals surface area (Å²) in [6.45, 7) is 1.61. The van der Waals surface area contributed by atoms with Crippen molar-refractivity contribution in [3.8, 4) is 5.75 Å². The predicted molar refractivity (Wildman–Crippen MR) is 103 cm³/mol. The van der Waals surface area contributed by atoms with Gasteiger partial charge in [0.25, 0.3) is 5.91 Å². The number of benzene rings is 2. The van der Waals surface area contributed by atoms with Crippen LogP contribution in [0.4, 0.5) is 0 Å². The third-order valence-corrected chi connectivity index (χ3v) is 4.91. The van der Waals surface area contributed by atoms with Gasteiger partial charge in [0.05, 0.1) is 13.2 Å². The number of rotatable bonds is 6. The summed E-state index contributed by atoms with van der Waals surface area (Å²) < 4.78 is 10.3. The second-order valence-electron chi connectivity index (χ2n) is 6.80. The van der Waals surface area contributed by atoms with Gasteiger partial charge >= 0.3 is 5.97 Å². The van der Waals surface area contributed by atoms with E-state index in [1.807, 2.05) is 6.92 Å². The van der Waals surface area contributed by atoms with Gasteiger partial charge < -0.3 is 14.8 Å². The van der Waals surface area contributed by atoms with Crippen molar-refractivity contribution in [3.63, 3.8) is 0 Å². The molecule has 0 unspecified atom stereocenters. The summed E-state index contributed by atoms with van der Waals surface area (Å²) >= 11 is 0. The third kappa shape index (κ3) is 4.67. The van der Waals surface area contributed by atoms with E-state index in [1.165, 1.54) is 31.1 Å². The molecule has 0 aliphatic heterocycles. The molecule has 0 heterocycles. The van der Waals surface area contributed by atoms with Crippen molar-refractivity contribution in [2.45, 2.75) is 38.6 Å². The molecule has 1 atom stereocenters. The number of methoxy groups -OCH3 is 1. The molecule has 0 bridgehead atoms. The Morgan fingerprint density at radius 2 is 1.81 bits per heavy atom. The molecule has 0 spiro atoms. The number of aryl methyl sites for hydroxylation is 2. The van der Waals surface area contributed by atoms with Crippen molar-refractivity contribution in [1.29, 1.82) is 0 Å². The number of nitrogens with one attached hydrogen (secondary N) is 1. The van der Waals surface area contributed by atoms with Crippen LogP contribution in [-0.4, -0.2) is 25.6 Å². The summed E-state index contributed by atoms with van der Waals surface area (Å²) in [6.07, 6.45) is 4.70. The minimum absolute atomic E-state index is 0.144. The molecule has 0 fully saturated rings. The molecule has 2 aromatic carbocycles. The lowest BCUT2D eigenvalue weighted by Gasteiger charge is -2.20. The normalized spacial score (nSPS) is 14.0. The highest BCUT2D eigenvalue weighted by Crippen LogP contribution is 2.24. The van der Waals surface area contributed by atoms with E-state index < -0.39 is 5.97 Å². The van der Waals surface area contributed by atoms with Crippen LogP contribution in [0.1, 0.15) is 52.9 Å². The van der Waals surface area contributed by atoms with Crippen LogP contribution in [0, 0.1) is 0 Å². The monoisotopic (exact) mass is 367 g/mol. The first-order chi connectivity index (χ1) is 13.1. The zero-order chi connectivity index (χ0) is 19.2.